The molecule has 6 nitrogen and oxygen atoms in total. The molecule has 162 valence electrons. The van der Waals surface area contributed by atoms with Crippen molar-refractivity contribution in [2.45, 2.75) is 38.2 Å². The van der Waals surface area contributed by atoms with Crippen molar-refractivity contribution in [1.82, 2.24) is 14.8 Å². The largest absolute Gasteiger partial charge is 0.405 e. The maximum Gasteiger partial charge on any atom is 0.405 e. The van der Waals surface area contributed by atoms with Crippen molar-refractivity contribution in [2.24, 2.45) is 0 Å². The zero-order valence-electron chi connectivity index (χ0n) is 16.8. The van der Waals surface area contributed by atoms with Gasteiger partial charge in [-0.1, -0.05) is 12.1 Å². The number of pyridine rings is 1. The van der Waals surface area contributed by atoms with Gasteiger partial charge in [-0.15, -0.1) is 0 Å². The Labute approximate surface area is 177 Å². The van der Waals surface area contributed by atoms with Gasteiger partial charge in [0, 0.05) is 41.7 Å². The molecule has 2 aliphatic rings. The molecular formula is C22H22F3N5O. The summed E-state index contributed by atoms with van der Waals surface area (Å²) in [6, 6.07) is 9.04. The highest BCUT2D eigenvalue weighted by molar-refractivity contribution is 5.87. The number of nitrogen functional groups attached to an aromatic ring is 1. The third kappa shape index (κ3) is 3.74. The first-order valence-corrected chi connectivity index (χ1v) is 10.3. The van der Waals surface area contributed by atoms with Crippen molar-refractivity contribution in [3.63, 3.8) is 0 Å². The Kier molecular flexibility index (Phi) is 4.85. The summed E-state index contributed by atoms with van der Waals surface area (Å²) in [6.07, 6.45) is 1.58. The third-order valence-corrected chi connectivity index (χ3v) is 5.77. The molecular weight excluding hydrogens is 407 g/mol. The first-order chi connectivity index (χ1) is 14.9. The lowest BCUT2D eigenvalue weighted by atomic mass is 9.95. The van der Waals surface area contributed by atoms with Crippen molar-refractivity contribution < 1.29 is 17.9 Å². The molecule has 0 amide bonds. The maximum absolute atomic E-state index is 13.4. The standard InChI is InChI=1S/C22H22F3N5O/c23-22(24,25)13-29-12-15-11-28-30(19-5-1-2-9-31-19)20(15)17-7-6-14(10-18(17)29)16-4-3-8-27-21(16)26/h3-4,6-8,10-11,19H,1-2,5,9,12-13H2,(H2,26,27). The monoisotopic (exact) mass is 429 g/mol. The van der Waals surface area contributed by atoms with Crippen LogP contribution in [0.1, 0.15) is 31.1 Å². The number of alkyl halides is 3. The predicted molar refractivity (Wildman–Crippen MR) is 111 cm³/mol. The fourth-order valence-electron chi connectivity index (χ4n) is 4.42. The van der Waals surface area contributed by atoms with Crippen LogP contribution in [0.2, 0.25) is 0 Å². The number of hydrogen-bond acceptors (Lipinski definition) is 5. The van der Waals surface area contributed by atoms with Crippen molar-refractivity contribution in [3.05, 3.63) is 48.3 Å². The molecule has 5 rings (SSSR count). The molecule has 2 aliphatic heterocycles. The molecule has 1 fully saturated rings. The lowest BCUT2D eigenvalue weighted by Gasteiger charge is -2.34. The Morgan fingerprint density at radius 2 is 2.03 bits per heavy atom. The average molecular weight is 429 g/mol. The number of benzene rings is 1. The van der Waals surface area contributed by atoms with Crippen molar-refractivity contribution >= 4 is 11.5 Å². The summed E-state index contributed by atoms with van der Waals surface area (Å²) in [4.78, 5) is 5.45. The molecule has 0 aliphatic carbocycles. The van der Waals surface area contributed by atoms with E-state index < -0.39 is 12.7 Å². The number of rotatable bonds is 3. The van der Waals surface area contributed by atoms with Gasteiger partial charge in [0.1, 0.15) is 12.4 Å². The first kappa shape index (κ1) is 19.9. The summed E-state index contributed by atoms with van der Waals surface area (Å²) in [6.45, 7) is -0.261. The van der Waals surface area contributed by atoms with Crippen LogP contribution >= 0.6 is 0 Å². The van der Waals surface area contributed by atoms with Gasteiger partial charge < -0.3 is 15.4 Å². The van der Waals surface area contributed by atoms with E-state index in [-0.39, 0.29) is 12.8 Å². The van der Waals surface area contributed by atoms with Crippen LogP contribution < -0.4 is 10.6 Å². The summed E-state index contributed by atoms with van der Waals surface area (Å²) in [5.41, 5.74) is 10.2. The van der Waals surface area contributed by atoms with E-state index in [0.717, 1.165) is 36.1 Å². The molecule has 2 aromatic heterocycles. The molecule has 2 N–H and O–H groups in total. The van der Waals surface area contributed by atoms with Gasteiger partial charge in [-0.05, 0) is 43.0 Å². The van der Waals surface area contributed by atoms with Crippen molar-refractivity contribution in [3.8, 4) is 22.4 Å². The molecule has 0 bridgehead atoms. The van der Waals surface area contributed by atoms with Crippen molar-refractivity contribution in [1.29, 1.82) is 0 Å². The average Bonchev–Trinajstić information content (AvgIpc) is 3.17. The van der Waals surface area contributed by atoms with Gasteiger partial charge in [0.15, 0.2) is 6.23 Å². The molecule has 4 heterocycles. The molecule has 1 atom stereocenters. The quantitative estimate of drug-likeness (QED) is 0.649. The summed E-state index contributed by atoms with van der Waals surface area (Å²) >= 11 is 0. The van der Waals surface area contributed by atoms with Gasteiger partial charge in [-0.25, -0.2) is 9.67 Å². The van der Waals surface area contributed by atoms with E-state index >= 15 is 0 Å². The van der Waals surface area contributed by atoms with Crippen molar-refractivity contribution in [2.75, 3.05) is 23.8 Å². The van der Waals surface area contributed by atoms with E-state index in [1.54, 1.807) is 24.5 Å². The minimum absolute atomic E-state index is 0.126. The summed E-state index contributed by atoms with van der Waals surface area (Å²) < 4.78 is 47.9. The number of anilines is 2. The Morgan fingerprint density at radius 3 is 2.77 bits per heavy atom. The highest BCUT2D eigenvalue weighted by Gasteiger charge is 2.36. The number of halogens is 3. The lowest BCUT2D eigenvalue weighted by Crippen LogP contribution is -2.36. The third-order valence-electron chi connectivity index (χ3n) is 5.77. The van der Waals surface area contributed by atoms with Gasteiger partial charge in [-0.2, -0.15) is 18.3 Å². The van der Waals surface area contributed by atoms with E-state index in [4.69, 9.17) is 10.5 Å². The smallest absolute Gasteiger partial charge is 0.383 e. The van der Waals surface area contributed by atoms with E-state index in [9.17, 15) is 13.2 Å². The van der Waals surface area contributed by atoms with Gasteiger partial charge in [0.25, 0.3) is 0 Å². The van der Waals surface area contributed by atoms with Crippen LogP contribution in [0, 0.1) is 0 Å². The minimum Gasteiger partial charge on any atom is -0.383 e. The Bertz CT molecular complexity index is 1100. The summed E-state index contributed by atoms with van der Waals surface area (Å²) in [5.74, 6) is 0.335. The molecule has 0 radical (unpaired) electrons. The Hall–Kier alpha value is -3.07. The Balaban J connectivity index is 1.63. The van der Waals surface area contributed by atoms with E-state index in [0.29, 0.717) is 29.2 Å². The number of nitrogens with two attached hydrogens (primary N) is 1. The van der Waals surface area contributed by atoms with E-state index in [2.05, 4.69) is 10.1 Å². The fraction of sp³-hybridized carbons (Fsp3) is 0.364. The SMILES string of the molecule is Nc1ncccc1-c1ccc2c(c1)N(CC(F)(F)F)Cc1cnn(C3CCCCO3)c1-2. The molecule has 1 aromatic carbocycles. The van der Waals surface area contributed by atoms with Crippen LogP contribution in [0.3, 0.4) is 0 Å². The van der Waals surface area contributed by atoms with Gasteiger partial charge in [0.2, 0.25) is 0 Å². The topological polar surface area (TPSA) is 69.2 Å². The molecule has 9 heteroatoms. The second kappa shape index (κ2) is 7.56. The molecule has 3 aromatic rings. The zero-order chi connectivity index (χ0) is 21.6. The Morgan fingerprint density at radius 1 is 1.16 bits per heavy atom. The van der Waals surface area contributed by atoms with Crippen LogP contribution in [0.4, 0.5) is 24.7 Å². The summed E-state index contributed by atoms with van der Waals surface area (Å²) in [5, 5.41) is 4.50. The molecule has 1 saturated heterocycles. The molecule has 0 saturated carbocycles. The number of hydrogen-bond donors (Lipinski definition) is 1. The normalized spacial score (nSPS) is 18.5. The zero-order valence-corrected chi connectivity index (χ0v) is 16.8. The highest BCUT2D eigenvalue weighted by atomic mass is 19.4. The predicted octanol–water partition coefficient (Wildman–Crippen LogP) is 4.78. The van der Waals surface area contributed by atoms with Crippen LogP contribution in [-0.4, -0.2) is 34.1 Å². The summed E-state index contributed by atoms with van der Waals surface area (Å²) in [7, 11) is 0. The second-order valence-electron chi connectivity index (χ2n) is 7.92. The fourth-order valence-corrected chi connectivity index (χ4v) is 4.42. The van der Waals surface area contributed by atoms with Gasteiger partial charge in [-0.3, -0.25) is 0 Å². The molecule has 0 spiro atoms. The molecule has 1 unspecified atom stereocenters. The number of nitrogens with zero attached hydrogens (tertiary/aromatic N) is 4. The minimum atomic E-state index is -4.33. The van der Waals surface area contributed by atoms with E-state index in [1.165, 1.54) is 4.90 Å². The van der Waals surface area contributed by atoms with Crippen LogP contribution in [-0.2, 0) is 11.3 Å². The maximum atomic E-state index is 13.4. The lowest BCUT2D eigenvalue weighted by molar-refractivity contribution is -0.120. The van der Waals surface area contributed by atoms with Crippen LogP contribution in [0.15, 0.2) is 42.7 Å². The second-order valence-corrected chi connectivity index (χ2v) is 7.92. The van der Waals surface area contributed by atoms with Crippen LogP contribution in [0.25, 0.3) is 22.4 Å². The van der Waals surface area contributed by atoms with Crippen LogP contribution in [0.5, 0.6) is 0 Å². The van der Waals surface area contributed by atoms with Gasteiger partial charge >= 0.3 is 6.18 Å². The number of ether oxygens (including phenoxy) is 1. The highest BCUT2D eigenvalue weighted by Crippen LogP contribution is 2.44. The number of aromatic nitrogens is 3. The molecule has 31 heavy (non-hydrogen) atoms. The number of fused-ring (bicyclic) bond motifs is 3. The van der Waals surface area contributed by atoms with E-state index in [1.807, 2.05) is 22.9 Å². The first-order valence-electron chi connectivity index (χ1n) is 10.3. The van der Waals surface area contributed by atoms with Gasteiger partial charge in [0.05, 0.1) is 11.9 Å².